The van der Waals surface area contributed by atoms with Crippen molar-refractivity contribution in [1.29, 1.82) is 0 Å². The van der Waals surface area contributed by atoms with Crippen LogP contribution in [0.5, 0.6) is 0 Å². The smallest absolute Gasteiger partial charge is 0.231 e. The number of sulfonamides is 1. The van der Waals surface area contributed by atoms with Crippen molar-refractivity contribution in [2.24, 2.45) is 0 Å². The molecule has 0 saturated heterocycles. The summed E-state index contributed by atoms with van der Waals surface area (Å²) in [4.78, 5) is 4.30. The molecule has 3 rings (SSSR count). The minimum absolute atomic E-state index is 0.385. The molecule has 0 aliphatic heterocycles. The summed E-state index contributed by atoms with van der Waals surface area (Å²) >= 11 is 1.28. The number of benzene rings is 2. The Bertz CT molecular complexity index is 870. The molecule has 1 N–H and O–H groups in total. The number of nitrogens with zero attached hydrogens (tertiary/aromatic N) is 1. The summed E-state index contributed by atoms with van der Waals surface area (Å²) in [7, 11) is -3.28. The van der Waals surface area contributed by atoms with E-state index in [0.717, 1.165) is 22.9 Å². The van der Waals surface area contributed by atoms with E-state index >= 15 is 0 Å². The van der Waals surface area contributed by atoms with Gasteiger partial charge < -0.3 is 0 Å². The molecule has 0 unspecified atom stereocenters. The third-order valence-corrected chi connectivity index (χ3v) is 4.27. The lowest BCUT2D eigenvalue weighted by Gasteiger charge is -2.01. The molecule has 0 atom stereocenters. The predicted molar refractivity (Wildman–Crippen MR) is 83.5 cm³/mol. The first-order valence-corrected chi connectivity index (χ1v) is 8.71. The number of hydrogen-bond acceptors (Lipinski definition) is 4. The fraction of sp³-hybridized carbons (Fsp3) is 0.0714. The summed E-state index contributed by atoms with van der Waals surface area (Å²) in [6, 6.07) is 14.2. The topological polar surface area (TPSA) is 59.1 Å². The Kier molecular flexibility index (Phi) is 3.19. The van der Waals surface area contributed by atoms with Gasteiger partial charge in [-0.25, -0.2) is 13.4 Å². The second-order valence-corrected chi connectivity index (χ2v) is 7.08. The molecule has 0 amide bonds. The summed E-state index contributed by atoms with van der Waals surface area (Å²) in [5.74, 6) is 0. The minimum Gasteiger partial charge on any atom is -0.259 e. The molecule has 1 aromatic heterocycles. The zero-order valence-electron chi connectivity index (χ0n) is 10.7. The molecule has 0 saturated carbocycles. The van der Waals surface area contributed by atoms with Crippen LogP contribution in [0, 0.1) is 0 Å². The Morgan fingerprint density at radius 1 is 1.10 bits per heavy atom. The lowest BCUT2D eigenvalue weighted by atomic mass is 10.1. The van der Waals surface area contributed by atoms with E-state index in [9.17, 15) is 8.42 Å². The van der Waals surface area contributed by atoms with Crippen molar-refractivity contribution < 1.29 is 8.42 Å². The summed E-state index contributed by atoms with van der Waals surface area (Å²) in [5.41, 5.74) is 1.74. The summed E-state index contributed by atoms with van der Waals surface area (Å²) in [5, 5.41) is 4.53. The van der Waals surface area contributed by atoms with Crippen molar-refractivity contribution >= 4 is 37.3 Å². The Hall–Kier alpha value is -1.92. The maximum absolute atomic E-state index is 11.2. The van der Waals surface area contributed by atoms with Gasteiger partial charge in [0.15, 0.2) is 5.13 Å². The monoisotopic (exact) mass is 304 g/mol. The van der Waals surface area contributed by atoms with Crippen molar-refractivity contribution in [3.05, 3.63) is 47.8 Å². The first kappa shape index (κ1) is 13.1. The number of fused-ring (bicyclic) bond motifs is 1. The van der Waals surface area contributed by atoms with Gasteiger partial charge in [-0.15, -0.1) is 11.3 Å². The third kappa shape index (κ3) is 2.81. The summed E-state index contributed by atoms with van der Waals surface area (Å²) < 4.78 is 24.7. The molecule has 6 heteroatoms. The first-order chi connectivity index (χ1) is 9.51. The second kappa shape index (κ2) is 4.88. The van der Waals surface area contributed by atoms with Crippen LogP contribution in [-0.2, 0) is 10.0 Å². The van der Waals surface area contributed by atoms with Crippen LogP contribution < -0.4 is 4.72 Å². The molecule has 0 bridgehead atoms. The van der Waals surface area contributed by atoms with Crippen LogP contribution in [0.1, 0.15) is 0 Å². The Morgan fingerprint density at radius 2 is 1.85 bits per heavy atom. The molecular formula is C14H12N2O2S2. The van der Waals surface area contributed by atoms with Gasteiger partial charge in [-0.1, -0.05) is 36.4 Å². The molecule has 0 radical (unpaired) electrons. The largest absolute Gasteiger partial charge is 0.259 e. The number of nitrogens with one attached hydrogen (secondary N) is 1. The van der Waals surface area contributed by atoms with Gasteiger partial charge in [0.25, 0.3) is 0 Å². The lowest BCUT2D eigenvalue weighted by molar-refractivity contribution is 0.607. The van der Waals surface area contributed by atoms with Crippen molar-refractivity contribution in [3.63, 3.8) is 0 Å². The Labute approximate surface area is 121 Å². The summed E-state index contributed by atoms with van der Waals surface area (Å²) in [6.07, 6.45) is 1.12. The van der Waals surface area contributed by atoms with Crippen LogP contribution >= 0.6 is 11.3 Å². The highest BCUT2D eigenvalue weighted by atomic mass is 32.2. The van der Waals surface area contributed by atoms with Gasteiger partial charge >= 0.3 is 0 Å². The Balaban J connectivity index is 1.99. The van der Waals surface area contributed by atoms with Gasteiger partial charge in [-0.2, -0.15) is 0 Å². The normalized spacial score (nSPS) is 11.7. The van der Waals surface area contributed by atoms with Crippen LogP contribution in [0.4, 0.5) is 5.13 Å². The van der Waals surface area contributed by atoms with Crippen LogP contribution in [0.25, 0.3) is 22.0 Å². The van der Waals surface area contributed by atoms with Crippen LogP contribution in [-0.4, -0.2) is 19.7 Å². The van der Waals surface area contributed by atoms with E-state index < -0.39 is 10.0 Å². The van der Waals surface area contributed by atoms with E-state index in [2.05, 4.69) is 21.8 Å². The molecule has 2 aromatic carbocycles. The molecule has 0 fully saturated rings. The minimum atomic E-state index is -3.28. The van der Waals surface area contributed by atoms with Gasteiger partial charge in [-0.3, -0.25) is 4.72 Å². The number of thiazole rings is 1. The van der Waals surface area contributed by atoms with E-state index in [4.69, 9.17) is 0 Å². The quantitative estimate of drug-likeness (QED) is 0.807. The number of hydrogen-bond donors (Lipinski definition) is 1. The molecule has 4 nitrogen and oxygen atoms in total. The van der Waals surface area contributed by atoms with Gasteiger partial charge in [0.2, 0.25) is 10.0 Å². The second-order valence-electron chi connectivity index (χ2n) is 4.47. The molecule has 1 heterocycles. The number of rotatable bonds is 3. The predicted octanol–water partition coefficient (Wildman–Crippen LogP) is 3.33. The van der Waals surface area contributed by atoms with Gasteiger partial charge in [0, 0.05) is 10.9 Å². The fourth-order valence-electron chi connectivity index (χ4n) is 1.96. The average molecular weight is 304 g/mol. The molecule has 0 spiro atoms. The molecule has 20 heavy (non-hydrogen) atoms. The van der Waals surface area contributed by atoms with Crippen LogP contribution in [0.2, 0.25) is 0 Å². The van der Waals surface area contributed by atoms with Gasteiger partial charge in [0.05, 0.1) is 11.9 Å². The SMILES string of the molecule is CS(=O)(=O)Nc1nc(-c2ccc3ccccc3c2)cs1. The molecule has 0 aliphatic rings. The number of anilines is 1. The van der Waals surface area contributed by atoms with E-state index in [0.29, 0.717) is 5.13 Å². The maximum Gasteiger partial charge on any atom is 0.231 e. The zero-order chi connectivity index (χ0) is 14.2. The van der Waals surface area contributed by atoms with Crippen molar-refractivity contribution in [2.75, 3.05) is 11.0 Å². The van der Waals surface area contributed by atoms with Crippen molar-refractivity contribution in [2.45, 2.75) is 0 Å². The Morgan fingerprint density at radius 3 is 2.60 bits per heavy atom. The zero-order valence-corrected chi connectivity index (χ0v) is 12.3. The highest BCUT2D eigenvalue weighted by molar-refractivity contribution is 7.92. The highest BCUT2D eigenvalue weighted by Crippen LogP contribution is 2.27. The number of aromatic nitrogens is 1. The standard InChI is InChI=1S/C14H12N2O2S2/c1-20(17,18)16-14-15-13(9-19-14)12-7-6-10-4-2-3-5-11(10)8-12/h2-9H,1H3,(H,15,16). The van der Waals surface area contributed by atoms with Crippen molar-refractivity contribution in [1.82, 2.24) is 4.98 Å². The third-order valence-electron chi connectivity index (χ3n) is 2.82. The van der Waals surface area contributed by atoms with Gasteiger partial charge in [0.1, 0.15) is 0 Å². The lowest BCUT2D eigenvalue weighted by Crippen LogP contribution is -2.08. The first-order valence-electron chi connectivity index (χ1n) is 5.94. The van der Waals surface area contributed by atoms with Crippen LogP contribution in [0.3, 0.4) is 0 Å². The van der Waals surface area contributed by atoms with E-state index in [1.54, 1.807) is 0 Å². The molecule has 3 aromatic rings. The van der Waals surface area contributed by atoms with E-state index in [-0.39, 0.29) is 0 Å². The van der Waals surface area contributed by atoms with E-state index in [1.165, 1.54) is 16.7 Å². The highest BCUT2D eigenvalue weighted by Gasteiger charge is 2.08. The average Bonchev–Trinajstić information content (AvgIpc) is 2.84. The molecule has 102 valence electrons. The molecular weight excluding hydrogens is 292 g/mol. The van der Waals surface area contributed by atoms with Gasteiger partial charge in [-0.05, 0) is 16.8 Å². The van der Waals surface area contributed by atoms with Crippen molar-refractivity contribution in [3.8, 4) is 11.3 Å². The molecule has 0 aliphatic carbocycles. The fourth-order valence-corrected chi connectivity index (χ4v) is 3.53. The van der Waals surface area contributed by atoms with E-state index in [1.807, 2.05) is 35.7 Å². The maximum atomic E-state index is 11.2. The summed E-state index contributed by atoms with van der Waals surface area (Å²) in [6.45, 7) is 0. The van der Waals surface area contributed by atoms with Crippen LogP contribution in [0.15, 0.2) is 47.8 Å².